The summed E-state index contributed by atoms with van der Waals surface area (Å²) in [5.74, 6) is -0.0530. The van der Waals surface area contributed by atoms with Crippen LogP contribution in [0.5, 0.6) is 0 Å². The zero-order chi connectivity index (χ0) is 10.1. The van der Waals surface area contributed by atoms with Crippen molar-refractivity contribution in [2.75, 3.05) is 19.7 Å². The first-order chi connectivity index (χ1) is 6.20. The largest absolute Gasteiger partial charge is 0.396 e. The van der Waals surface area contributed by atoms with Crippen molar-refractivity contribution in [1.82, 2.24) is 10.6 Å². The van der Waals surface area contributed by atoms with Crippen molar-refractivity contribution < 1.29 is 9.90 Å². The molecule has 0 aliphatic rings. The summed E-state index contributed by atoms with van der Waals surface area (Å²) in [7, 11) is 0. The highest BCUT2D eigenvalue weighted by molar-refractivity contribution is 5.78. The molecule has 3 N–H and O–H groups in total. The van der Waals surface area contributed by atoms with E-state index >= 15 is 0 Å². The van der Waals surface area contributed by atoms with E-state index in [1.807, 2.05) is 6.92 Å². The van der Waals surface area contributed by atoms with Crippen LogP contribution in [0.1, 0.15) is 13.3 Å². The normalized spacial score (nSPS) is 12.2. The Labute approximate surface area is 79.0 Å². The number of hydrogen-bond acceptors (Lipinski definition) is 3. The summed E-state index contributed by atoms with van der Waals surface area (Å²) in [6, 6.07) is 0.0306. The molecule has 1 amide bonds. The van der Waals surface area contributed by atoms with Crippen LogP contribution in [0.3, 0.4) is 0 Å². The second kappa shape index (κ2) is 7.76. The molecule has 1 unspecified atom stereocenters. The summed E-state index contributed by atoms with van der Waals surface area (Å²) in [5.41, 5.74) is 0. The van der Waals surface area contributed by atoms with Crippen LogP contribution in [0.4, 0.5) is 0 Å². The van der Waals surface area contributed by atoms with E-state index in [-0.39, 0.29) is 18.6 Å². The summed E-state index contributed by atoms with van der Waals surface area (Å²) in [6.07, 6.45) is 2.29. The predicted molar refractivity (Wildman–Crippen MR) is 52.4 cm³/mol. The van der Waals surface area contributed by atoms with E-state index in [2.05, 4.69) is 17.2 Å². The zero-order valence-electron chi connectivity index (χ0n) is 8.05. The standard InChI is InChI=1S/C9H18N2O2/c1-3-5-10-7-9(13)11-8(2)4-6-12/h3,8,10,12H,1,4-7H2,2H3,(H,11,13). The average molecular weight is 186 g/mol. The van der Waals surface area contributed by atoms with Crippen LogP contribution in [0.15, 0.2) is 12.7 Å². The van der Waals surface area contributed by atoms with Gasteiger partial charge in [-0.3, -0.25) is 4.79 Å². The van der Waals surface area contributed by atoms with Crippen LogP contribution in [0.2, 0.25) is 0 Å². The molecule has 0 radical (unpaired) electrons. The lowest BCUT2D eigenvalue weighted by Crippen LogP contribution is -2.39. The number of amides is 1. The Balaban J connectivity index is 3.43. The second-order valence-corrected chi connectivity index (χ2v) is 2.90. The highest BCUT2D eigenvalue weighted by atomic mass is 16.3. The summed E-state index contributed by atoms with van der Waals surface area (Å²) >= 11 is 0. The molecular weight excluding hydrogens is 168 g/mol. The molecule has 4 nitrogen and oxygen atoms in total. The number of aliphatic hydroxyl groups excluding tert-OH is 1. The fraction of sp³-hybridized carbons (Fsp3) is 0.667. The molecule has 0 rings (SSSR count). The minimum atomic E-state index is -0.0530. The van der Waals surface area contributed by atoms with Gasteiger partial charge in [-0.15, -0.1) is 6.58 Å². The quantitative estimate of drug-likeness (QED) is 0.376. The molecular formula is C9H18N2O2. The van der Waals surface area contributed by atoms with E-state index in [4.69, 9.17) is 5.11 Å². The first-order valence-corrected chi connectivity index (χ1v) is 4.42. The molecule has 0 aliphatic heterocycles. The number of aliphatic hydroxyl groups is 1. The van der Waals surface area contributed by atoms with Crippen molar-refractivity contribution in [1.29, 1.82) is 0 Å². The minimum Gasteiger partial charge on any atom is -0.396 e. The second-order valence-electron chi connectivity index (χ2n) is 2.90. The van der Waals surface area contributed by atoms with Crippen molar-refractivity contribution >= 4 is 5.91 Å². The molecule has 0 aromatic heterocycles. The Bertz CT molecular complexity index is 160. The SMILES string of the molecule is C=CCNCC(=O)NC(C)CCO. The third-order valence-electron chi connectivity index (χ3n) is 1.54. The third kappa shape index (κ3) is 7.49. The van der Waals surface area contributed by atoms with Crippen LogP contribution in [-0.2, 0) is 4.79 Å². The van der Waals surface area contributed by atoms with Crippen LogP contribution >= 0.6 is 0 Å². The lowest BCUT2D eigenvalue weighted by atomic mass is 10.2. The van der Waals surface area contributed by atoms with Crippen molar-refractivity contribution in [3.8, 4) is 0 Å². The number of carbonyl (C=O) groups excluding carboxylic acids is 1. The van der Waals surface area contributed by atoms with Gasteiger partial charge in [-0.25, -0.2) is 0 Å². The van der Waals surface area contributed by atoms with Gasteiger partial charge in [0.1, 0.15) is 0 Å². The van der Waals surface area contributed by atoms with Gasteiger partial charge >= 0.3 is 0 Å². The van der Waals surface area contributed by atoms with Crippen molar-refractivity contribution in [2.45, 2.75) is 19.4 Å². The summed E-state index contributed by atoms with van der Waals surface area (Å²) in [5, 5.41) is 14.2. The molecule has 4 heteroatoms. The number of hydrogen-bond donors (Lipinski definition) is 3. The average Bonchev–Trinajstić information content (AvgIpc) is 2.05. The Morgan fingerprint density at radius 1 is 1.69 bits per heavy atom. The van der Waals surface area contributed by atoms with Crippen LogP contribution in [0.25, 0.3) is 0 Å². The van der Waals surface area contributed by atoms with Crippen LogP contribution < -0.4 is 10.6 Å². The highest BCUT2D eigenvalue weighted by Gasteiger charge is 2.04. The number of nitrogens with one attached hydrogen (secondary N) is 2. The van der Waals surface area contributed by atoms with Gasteiger partial charge in [0.15, 0.2) is 0 Å². The lowest BCUT2D eigenvalue weighted by molar-refractivity contribution is -0.120. The lowest BCUT2D eigenvalue weighted by Gasteiger charge is -2.12. The molecule has 0 saturated carbocycles. The Kier molecular flexibility index (Phi) is 7.24. The van der Waals surface area contributed by atoms with Gasteiger partial charge in [0, 0.05) is 19.2 Å². The topological polar surface area (TPSA) is 61.4 Å². The van der Waals surface area contributed by atoms with E-state index in [0.717, 1.165) is 0 Å². The third-order valence-corrected chi connectivity index (χ3v) is 1.54. The van der Waals surface area contributed by atoms with Crippen LogP contribution in [-0.4, -0.2) is 36.8 Å². The summed E-state index contributed by atoms with van der Waals surface area (Å²) in [6.45, 7) is 6.40. The van der Waals surface area contributed by atoms with Gasteiger partial charge in [0.05, 0.1) is 6.54 Å². The number of carbonyl (C=O) groups is 1. The molecule has 0 spiro atoms. The van der Waals surface area contributed by atoms with E-state index < -0.39 is 0 Å². The molecule has 0 saturated heterocycles. The highest BCUT2D eigenvalue weighted by Crippen LogP contribution is 1.87. The maximum atomic E-state index is 11.1. The van der Waals surface area contributed by atoms with Gasteiger partial charge in [-0.1, -0.05) is 6.08 Å². The maximum Gasteiger partial charge on any atom is 0.234 e. The van der Waals surface area contributed by atoms with Crippen LogP contribution in [0, 0.1) is 0 Å². The molecule has 13 heavy (non-hydrogen) atoms. The van der Waals surface area contributed by atoms with Crippen molar-refractivity contribution in [3.05, 3.63) is 12.7 Å². The molecule has 0 bridgehead atoms. The Morgan fingerprint density at radius 2 is 2.38 bits per heavy atom. The minimum absolute atomic E-state index is 0.0306. The van der Waals surface area contributed by atoms with E-state index in [9.17, 15) is 4.79 Å². The van der Waals surface area contributed by atoms with E-state index in [1.165, 1.54) is 0 Å². The fourth-order valence-corrected chi connectivity index (χ4v) is 0.879. The first-order valence-electron chi connectivity index (χ1n) is 4.42. The van der Waals surface area contributed by atoms with E-state index in [0.29, 0.717) is 19.5 Å². The smallest absolute Gasteiger partial charge is 0.234 e. The van der Waals surface area contributed by atoms with Gasteiger partial charge in [-0.2, -0.15) is 0 Å². The number of rotatable bonds is 7. The molecule has 1 atom stereocenters. The molecule has 0 aromatic rings. The monoisotopic (exact) mass is 186 g/mol. The Morgan fingerprint density at radius 3 is 2.92 bits per heavy atom. The zero-order valence-corrected chi connectivity index (χ0v) is 8.05. The van der Waals surface area contributed by atoms with Gasteiger partial charge in [0.25, 0.3) is 0 Å². The van der Waals surface area contributed by atoms with Gasteiger partial charge < -0.3 is 15.7 Å². The van der Waals surface area contributed by atoms with Gasteiger partial charge in [-0.05, 0) is 13.3 Å². The molecule has 76 valence electrons. The fourth-order valence-electron chi connectivity index (χ4n) is 0.879. The van der Waals surface area contributed by atoms with Crippen molar-refractivity contribution in [3.63, 3.8) is 0 Å². The van der Waals surface area contributed by atoms with E-state index in [1.54, 1.807) is 6.08 Å². The molecule has 0 aromatic carbocycles. The first kappa shape index (κ1) is 12.1. The van der Waals surface area contributed by atoms with Gasteiger partial charge in [0.2, 0.25) is 5.91 Å². The summed E-state index contributed by atoms with van der Waals surface area (Å²) in [4.78, 5) is 11.1. The summed E-state index contributed by atoms with van der Waals surface area (Å²) < 4.78 is 0. The maximum absolute atomic E-state index is 11.1. The van der Waals surface area contributed by atoms with Crippen molar-refractivity contribution in [2.24, 2.45) is 0 Å². The molecule has 0 heterocycles. The molecule has 0 fully saturated rings. The molecule has 0 aliphatic carbocycles. The Hall–Kier alpha value is -0.870. The predicted octanol–water partition coefficient (Wildman–Crippen LogP) is -0.351.